The minimum absolute atomic E-state index is 0.102. The zero-order valence-corrected chi connectivity index (χ0v) is 66.6. The number of carbonyl (C=O) groups excluding carboxylic acids is 4. The number of aliphatic hydroxyl groups is 1. The molecule has 100 heavy (non-hydrogen) atoms. The molecule has 590 valence electrons. The monoisotopic (exact) mass is 1460 g/mol. The van der Waals surface area contributed by atoms with Crippen LogP contribution in [0.1, 0.15) is 407 Å². The van der Waals surface area contributed by atoms with Crippen molar-refractivity contribution in [2.24, 2.45) is 5.92 Å². The molecule has 0 spiro atoms. The summed E-state index contributed by atoms with van der Waals surface area (Å²) >= 11 is 0. The molecular weight excluding hydrogens is 1310 g/mol. The van der Waals surface area contributed by atoms with Crippen LogP contribution in [-0.4, -0.2) is 96.7 Å². The molecule has 17 nitrogen and oxygen atoms in total. The van der Waals surface area contributed by atoms with Crippen molar-refractivity contribution in [1.82, 2.24) is 0 Å². The number of rotatable bonds is 79. The SMILES string of the molecule is CCCCCC/C=C\C=C/CCCCCCCC(=O)OC[C@H](COP(=O)(O)OC[C@@H](O)COP(=O)(O)OC[C@@H](COC(=O)CCCCCCCCCCC)OC(=O)CCCCCCCCCCCCC(C)CC)OC(=O)CCCCCCCCCCCCCCCCCCCCCCCC. The molecule has 0 rings (SSSR count). The molecule has 6 atom stereocenters. The third-order valence-corrected chi connectivity index (χ3v) is 20.7. The summed E-state index contributed by atoms with van der Waals surface area (Å²) < 4.78 is 68.6. The van der Waals surface area contributed by atoms with Crippen LogP contribution >= 0.6 is 15.6 Å². The molecule has 0 heterocycles. The lowest BCUT2D eigenvalue weighted by Gasteiger charge is -2.21. The number of unbranched alkanes of at least 4 members (excludes halogenated alkanes) is 47. The van der Waals surface area contributed by atoms with E-state index >= 15 is 0 Å². The standard InChI is InChI=1S/C81H154O17P2/c1-6-10-13-16-19-22-24-26-28-29-30-31-32-33-34-36-38-40-46-51-56-61-66-80(85)97-77(71-92-79(84)65-60-55-50-45-39-37-35-27-25-23-20-17-14-11-7-2)73-96-100(89,90)94-69-75(82)68-93-99(87,88)95-72-76(70-91-78(83)64-59-54-49-43-21-18-15-12-8-3)98-81(86)67-62-57-52-47-42-41-44-48-53-58-63-74(5)9-4/h23,25,27,35,74-77,82H,6-22,24,26,28-34,36-73H2,1-5H3,(H,87,88)(H,89,90)/b25-23-,35-27-/t74?,75-,76+,77+/m0/s1. The van der Waals surface area contributed by atoms with Crippen LogP contribution in [0, 0.1) is 5.92 Å². The van der Waals surface area contributed by atoms with E-state index in [1.54, 1.807) is 0 Å². The quantitative estimate of drug-likeness (QED) is 0.0169. The highest BCUT2D eigenvalue weighted by Gasteiger charge is 2.30. The summed E-state index contributed by atoms with van der Waals surface area (Å²) in [5, 5.41) is 10.6. The van der Waals surface area contributed by atoms with Gasteiger partial charge in [-0.3, -0.25) is 37.3 Å². The summed E-state index contributed by atoms with van der Waals surface area (Å²) in [7, 11) is -9.93. The van der Waals surface area contributed by atoms with Gasteiger partial charge in [-0.15, -0.1) is 0 Å². The minimum atomic E-state index is -4.97. The molecule has 0 aliphatic rings. The van der Waals surface area contributed by atoms with E-state index in [1.807, 2.05) is 0 Å². The Morgan fingerprint density at radius 3 is 0.850 bits per heavy atom. The van der Waals surface area contributed by atoms with Crippen LogP contribution in [0.4, 0.5) is 0 Å². The van der Waals surface area contributed by atoms with E-state index in [0.717, 1.165) is 115 Å². The van der Waals surface area contributed by atoms with Crippen molar-refractivity contribution in [3.8, 4) is 0 Å². The van der Waals surface area contributed by atoms with E-state index in [2.05, 4.69) is 58.9 Å². The van der Waals surface area contributed by atoms with Crippen LogP contribution < -0.4 is 0 Å². The van der Waals surface area contributed by atoms with Crippen LogP contribution in [-0.2, 0) is 65.4 Å². The number of allylic oxidation sites excluding steroid dienone is 4. The molecule has 0 saturated heterocycles. The fraction of sp³-hybridized carbons (Fsp3) is 0.901. The van der Waals surface area contributed by atoms with E-state index in [9.17, 15) is 43.2 Å². The Morgan fingerprint density at radius 1 is 0.320 bits per heavy atom. The Morgan fingerprint density at radius 2 is 0.560 bits per heavy atom. The Balaban J connectivity index is 5.23. The lowest BCUT2D eigenvalue weighted by molar-refractivity contribution is -0.161. The first-order chi connectivity index (χ1) is 48.6. The first-order valence-electron chi connectivity index (χ1n) is 41.5. The number of phosphoric acid groups is 2. The zero-order chi connectivity index (χ0) is 73.4. The summed E-state index contributed by atoms with van der Waals surface area (Å²) in [5.74, 6) is -1.34. The maximum Gasteiger partial charge on any atom is 0.472 e. The number of esters is 4. The molecule has 0 fully saturated rings. The lowest BCUT2D eigenvalue weighted by atomic mass is 9.99. The predicted molar refractivity (Wildman–Crippen MR) is 409 cm³/mol. The molecule has 0 aliphatic heterocycles. The summed E-state index contributed by atoms with van der Waals surface area (Å²) in [6.45, 7) is 7.26. The average Bonchev–Trinajstić information content (AvgIpc) is 1.08. The molecule has 0 aliphatic carbocycles. The normalized spacial score (nSPS) is 14.3. The number of aliphatic hydroxyl groups excluding tert-OH is 1. The van der Waals surface area contributed by atoms with Crippen molar-refractivity contribution in [3.63, 3.8) is 0 Å². The first kappa shape index (κ1) is 97.5. The average molecular weight is 1460 g/mol. The van der Waals surface area contributed by atoms with Crippen molar-refractivity contribution in [1.29, 1.82) is 0 Å². The van der Waals surface area contributed by atoms with E-state index in [1.165, 1.54) is 212 Å². The minimum Gasteiger partial charge on any atom is -0.462 e. The first-order valence-corrected chi connectivity index (χ1v) is 44.5. The fourth-order valence-corrected chi connectivity index (χ4v) is 13.6. The molecule has 0 aromatic carbocycles. The Kier molecular flexibility index (Phi) is 71.6. The van der Waals surface area contributed by atoms with Crippen LogP contribution in [0.3, 0.4) is 0 Å². The van der Waals surface area contributed by atoms with Gasteiger partial charge in [0.2, 0.25) is 0 Å². The van der Waals surface area contributed by atoms with E-state index in [-0.39, 0.29) is 25.7 Å². The Labute approximate surface area is 612 Å². The molecule has 0 amide bonds. The number of carbonyl (C=O) groups is 4. The van der Waals surface area contributed by atoms with Gasteiger partial charge in [-0.2, -0.15) is 0 Å². The van der Waals surface area contributed by atoms with Gasteiger partial charge in [0.05, 0.1) is 26.4 Å². The van der Waals surface area contributed by atoms with Gasteiger partial charge < -0.3 is 33.8 Å². The van der Waals surface area contributed by atoms with Gasteiger partial charge in [0.1, 0.15) is 19.3 Å². The number of phosphoric ester groups is 2. The lowest BCUT2D eigenvalue weighted by Crippen LogP contribution is -2.30. The predicted octanol–water partition coefficient (Wildman–Crippen LogP) is 24.0. The topological polar surface area (TPSA) is 237 Å². The third kappa shape index (κ3) is 72.5. The second-order valence-electron chi connectivity index (χ2n) is 28.7. The smallest absolute Gasteiger partial charge is 0.462 e. The maximum atomic E-state index is 13.1. The summed E-state index contributed by atoms with van der Waals surface area (Å²) in [6, 6.07) is 0. The molecule has 0 bridgehead atoms. The maximum absolute atomic E-state index is 13.1. The zero-order valence-electron chi connectivity index (χ0n) is 64.8. The number of ether oxygens (including phenoxy) is 4. The molecule has 3 N–H and O–H groups in total. The van der Waals surface area contributed by atoms with Gasteiger partial charge in [-0.05, 0) is 57.3 Å². The van der Waals surface area contributed by atoms with E-state index < -0.39 is 97.5 Å². The van der Waals surface area contributed by atoms with Gasteiger partial charge in [0.15, 0.2) is 12.2 Å². The molecule has 0 aromatic rings. The van der Waals surface area contributed by atoms with Gasteiger partial charge in [-0.25, -0.2) is 9.13 Å². The highest BCUT2D eigenvalue weighted by atomic mass is 31.2. The highest BCUT2D eigenvalue weighted by Crippen LogP contribution is 2.45. The molecule has 3 unspecified atom stereocenters. The number of hydrogen-bond acceptors (Lipinski definition) is 15. The van der Waals surface area contributed by atoms with Gasteiger partial charge in [0.25, 0.3) is 0 Å². The third-order valence-electron chi connectivity index (χ3n) is 18.8. The summed E-state index contributed by atoms with van der Waals surface area (Å²) in [5.41, 5.74) is 0. The van der Waals surface area contributed by atoms with Crippen LogP contribution in [0.15, 0.2) is 24.3 Å². The molecule has 19 heteroatoms. The Hall–Kier alpha value is -2.46. The van der Waals surface area contributed by atoms with Crippen molar-refractivity contribution in [3.05, 3.63) is 24.3 Å². The van der Waals surface area contributed by atoms with Crippen molar-refractivity contribution < 1.29 is 80.2 Å². The Bertz CT molecular complexity index is 2010. The largest absolute Gasteiger partial charge is 0.472 e. The van der Waals surface area contributed by atoms with E-state index in [4.69, 9.17) is 37.0 Å². The van der Waals surface area contributed by atoms with E-state index in [0.29, 0.717) is 25.7 Å². The van der Waals surface area contributed by atoms with Crippen LogP contribution in [0.5, 0.6) is 0 Å². The molecule has 0 aromatic heterocycles. The number of hydrogen-bond donors (Lipinski definition) is 3. The van der Waals surface area contributed by atoms with Crippen molar-refractivity contribution >= 4 is 39.5 Å². The summed E-state index contributed by atoms with van der Waals surface area (Å²) in [4.78, 5) is 72.9. The van der Waals surface area contributed by atoms with Crippen LogP contribution in [0.25, 0.3) is 0 Å². The fourth-order valence-electron chi connectivity index (χ4n) is 12.0. The van der Waals surface area contributed by atoms with Gasteiger partial charge >= 0.3 is 39.5 Å². The molecular formula is C81H154O17P2. The second-order valence-corrected chi connectivity index (χ2v) is 31.6. The van der Waals surface area contributed by atoms with Gasteiger partial charge in [0, 0.05) is 25.7 Å². The second kappa shape index (κ2) is 73.4. The molecule has 0 saturated carbocycles. The van der Waals surface area contributed by atoms with Crippen molar-refractivity contribution in [2.45, 2.75) is 425 Å². The highest BCUT2D eigenvalue weighted by molar-refractivity contribution is 7.47. The summed E-state index contributed by atoms with van der Waals surface area (Å²) in [6.07, 6.45) is 67.5. The van der Waals surface area contributed by atoms with Gasteiger partial charge in [-0.1, -0.05) is 354 Å². The molecule has 0 radical (unpaired) electrons. The van der Waals surface area contributed by atoms with Crippen LogP contribution in [0.2, 0.25) is 0 Å². The van der Waals surface area contributed by atoms with Crippen molar-refractivity contribution in [2.75, 3.05) is 39.6 Å².